The summed E-state index contributed by atoms with van der Waals surface area (Å²) in [5.41, 5.74) is 1.84. The molecule has 12 nitrogen and oxygen atoms in total. The predicted molar refractivity (Wildman–Crippen MR) is 203 cm³/mol. The Bertz CT molecular complexity index is 1470. The van der Waals surface area contributed by atoms with Crippen LogP contribution in [0.4, 0.5) is 0 Å². The van der Waals surface area contributed by atoms with Crippen LogP contribution in [0.2, 0.25) is 0 Å². The van der Waals surface area contributed by atoms with Crippen molar-refractivity contribution in [3.05, 3.63) is 71.8 Å². The lowest BCUT2D eigenvalue weighted by atomic mass is 9.97. The lowest BCUT2D eigenvalue weighted by molar-refractivity contribution is -0.135. The van der Waals surface area contributed by atoms with E-state index in [1.165, 1.54) is 0 Å². The van der Waals surface area contributed by atoms with Crippen LogP contribution in [0.25, 0.3) is 0 Å². The molecule has 288 valence electrons. The fourth-order valence-corrected chi connectivity index (χ4v) is 6.16. The Morgan fingerprint density at radius 3 is 1.75 bits per heavy atom. The van der Waals surface area contributed by atoms with Crippen molar-refractivity contribution in [2.45, 2.75) is 90.1 Å². The number of ether oxygens (including phenoxy) is 2. The molecule has 2 fully saturated rings. The van der Waals surface area contributed by atoms with Crippen LogP contribution in [0.15, 0.2) is 60.7 Å². The van der Waals surface area contributed by atoms with Crippen molar-refractivity contribution in [3.63, 3.8) is 0 Å². The highest BCUT2D eigenvalue weighted by molar-refractivity contribution is 5.97. The monoisotopic (exact) mass is 731 g/mol. The molecule has 0 saturated carbocycles. The van der Waals surface area contributed by atoms with Gasteiger partial charge in [-0.05, 0) is 48.6 Å². The Hall–Kier alpha value is -4.57. The zero-order chi connectivity index (χ0) is 38.8. The summed E-state index contributed by atoms with van der Waals surface area (Å²) in [6.45, 7) is 10.7. The van der Waals surface area contributed by atoms with Gasteiger partial charge in [-0.2, -0.15) is 0 Å². The summed E-state index contributed by atoms with van der Waals surface area (Å²) < 4.78 is 10.6. The number of aryl methyl sites for hydroxylation is 1. The minimum Gasteiger partial charge on any atom is -0.379 e. The number of terminal acetylenes is 1. The molecule has 4 rings (SSSR count). The molecule has 12 heteroatoms. The number of hydrogen-bond acceptors (Lipinski definition) is 8. The van der Waals surface area contributed by atoms with E-state index in [9.17, 15) is 24.0 Å². The van der Waals surface area contributed by atoms with Crippen LogP contribution in [0.3, 0.4) is 0 Å². The molecule has 2 saturated heterocycles. The number of nitrogens with zero attached hydrogens (tertiary/aromatic N) is 1. The molecular weight excluding hydrogens is 674 g/mol. The van der Waals surface area contributed by atoms with Gasteiger partial charge in [0.2, 0.25) is 23.6 Å². The number of benzene rings is 2. The zero-order valence-corrected chi connectivity index (χ0v) is 31.6. The lowest BCUT2D eigenvalue weighted by Crippen LogP contribution is -2.59. The van der Waals surface area contributed by atoms with E-state index in [1.54, 1.807) is 0 Å². The Morgan fingerprint density at radius 2 is 1.19 bits per heavy atom. The minimum atomic E-state index is -1.02. The van der Waals surface area contributed by atoms with Gasteiger partial charge in [0.05, 0.1) is 32.4 Å². The normalized spacial score (nSPS) is 17.6. The molecule has 4 N–H and O–H groups in total. The van der Waals surface area contributed by atoms with Crippen LogP contribution in [0.5, 0.6) is 0 Å². The summed E-state index contributed by atoms with van der Waals surface area (Å²) in [7, 11) is 0. The van der Waals surface area contributed by atoms with E-state index in [0.717, 1.165) is 11.1 Å². The van der Waals surface area contributed by atoms with E-state index in [1.807, 2.05) is 93.3 Å². The summed E-state index contributed by atoms with van der Waals surface area (Å²) in [6, 6.07) is 15.4. The number of carbonyl (C=O) groups is 5. The van der Waals surface area contributed by atoms with Crippen LogP contribution >= 0.6 is 0 Å². The van der Waals surface area contributed by atoms with Gasteiger partial charge in [-0.3, -0.25) is 28.9 Å². The maximum atomic E-state index is 14.0. The number of nitrogens with one attached hydrogen (secondary N) is 4. The molecule has 0 spiro atoms. The molecule has 0 aliphatic carbocycles. The lowest BCUT2D eigenvalue weighted by Gasteiger charge is -2.28. The van der Waals surface area contributed by atoms with Crippen molar-refractivity contribution in [2.75, 3.05) is 39.5 Å². The van der Waals surface area contributed by atoms with Gasteiger partial charge >= 0.3 is 0 Å². The SMILES string of the molecule is C#C.CC(C)C[C@H](NC(=O)[C@H](CCc1ccccc1)NC(=O)CN1CCOCC1)C(=O)N[C@@H](Cc1ccccc1)C(=O)N[C@@H](CC(C)C)C(=O)[C@H]1CO1. The molecule has 2 aliphatic rings. The summed E-state index contributed by atoms with van der Waals surface area (Å²) >= 11 is 0. The van der Waals surface area contributed by atoms with Gasteiger partial charge in [0.1, 0.15) is 24.2 Å². The molecule has 5 atom stereocenters. The Morgan fingerprint density at radius 1 is 0.698 bits per heavy atom. The quantitative estimate of drug-likeness (QED) is 0.120. The van der Waals surface area contributed by atoms with E-state index in [2.05, 4.69) is 34.1 Å². The van der Waals surface area contributed by atoms with Crippen molar-refractivity contribution >= 4 is 29.4 Å². The highest BCUT2D eigenvalue weighted by Gasteiger charge is 2.38. The summed E-state index contributed by atoms with van der Waals surface area (Å²) in [6.07, 6.45) is 9.27. The van der Waals surface area contributed by atoms with Crippen molar-refractivity contribution in [1.82, 2.24) is 26.2 Å². The van der Waals surface area contributed by atoms with E-state index in [4.69, 9.17) is 9.47 Å². The number of rotatable bonds is 20. The average molecular weight is 732 g/mol. The third-order valence-corrected chi connectivity index (χ3v) is 8.96. The van der Waals surface area contributed by atoms with Gasteiger partial charge in [0, 0.05) is 19.5 Å². The molecule has 2 heterocycles. The van der Waals surface area contributed by atoms with Crippen LogP contribution in [0, 0.1) is 24.7 Å². The van der Waals surface area contributed by atoms with Crippen molar-refractivity contribution in [2.24, 2.45) is 11.8 Å². The topological polar surface area (TPSA) is 158 Å². The number of ketones is 1. The van der Waals surface area contributed by atoms with Gasteiger partial charge in [0.25, 0.3) is 0 Å². The maximum Gasteiger partial charge on any atom is 0.243 e. The standard InChI is InChI=1S/C39H55N5O7.C2H2/c1-26(2)21-31(36(46)34-25-51-34)41-39(49)33(23-29-13-9-6-10-14-29)43-38(48)32(22-27(3)4)42-37(47)30(16-15-28-11-7-5-8-12-28)40-35(45)24-44-17-19-50-20-18-44;1-2/h5-14,26-27,30-34H,15-25H2,1-4H3,(H,40,45)(H,41,49)(H,42,47)(H,43,48);1-2H/t30-,31-,32-,33-,34+;/m0./s1. The van der Waals surface area contributed by atoms with Crippen LogP contribution < -0.4 is 21.3 Å². The first kappa shape index (κ1) is 42.8. The summed E-state index contributed by atoms with van der Waals surface area (Å²) in [5.74, 6) is -1.79. The highest BCUT2D eigenvalue weighted by Crippen LogP contribution is 2.17. The molecule has 0 radical (unpaired) electrons. The highest BCUT2D eigenvalue weighted by atomic mass is 16.6. The largest absolute Gasteiger partial charge is 0.379 e. The van der Waals surface area contributed by atoms with Gasteiger partial charge in [0.15, 0.2) is 5.78 Å². The molecule has 0 aromatic heterocycles. The van der Waals surface area contributed by atoms with E-state index in [0.29, 0.717) is 58.6 Å². The first-order chi connectivity index (χ1) is 25.5. The smallest absolute Gasteiger partial charge is 0.243 e. The molecular formula is C41H57N5O7. The summed E-state index contributed by atoms with van der Waals surface area (Å²) in [4.78, 5) is 69.9. The predicted octanol–water partition coefficient (Wildman–Crippen LogP) is 2.44. The van der Waals surface area contributed by atoms with Crippen molar-refractivity contribution < 1.29 is 33.4 Å². The molecule has 0 bridgehead atoms. The second-order valence-electron chi connectivity index (χ2n) is 14.4. The Balaban J connectivity index is 0.00000372. The first-order valence-electron chi connectivity index (χ1n) is 18.6. The number of hydrogen-bond donors (Lipinski definition) is 4. The molecule has 0 unspecified atom stereocenters. The van der Waals surface area contributed by atoms with Crippen molar-refractivity contribution in [3.8, 4) is 12.8 Å². The van der Waals surface area contributed by atoms with Gasteiger partial charge < -0.3 is 30.7 Å². The maximum absolute atomic E-state index is 14.0. The van der Waals surface area contributed by atoms with Crippen molar-refractivity contribution in [1.29, 1.82) is 0 Å². The van der Waals surface area contributed by atoms with Gasteiger partial charge in [-0.1, -0.05) is 88.4 Å². The zero-order valence-electron chi connectivity index (χ0n) is 31.6. The van der Waals surface area contributed by atoms with E-state index < -0.39 is 48.0 Å². The molecule has 53 heavy (non-hydrogen) atoms. The number of morpholine rings is 1. The average Bonchev–Trinajstić information content (AvgIpc) is 4.00. The number of carbonyl (C=O) groups excluding carboxylic acids is 5. The Kier molecular flexibility index (Phi) is 18.2. The van der Waals surface area contributed by atoms with Gasteiger partial charge in [-0.25, -0.2) is 0 Å². The van der Waals surface area contributed by atoms with E-state index in [-0.39, 0.29) is 36.5 Å². The number of Topliss-reactive ketones (excluding diaryl/α,β-unsaturated/α-hetero) is 1. The van der Waals surface area contributed by atoms with Crippen LogP contribution in [-0.2, 0) is 46.3 Å². The molecule has 2 aromatic rings. The molecule has 2 aliphatic heterocycles. The third kappa shape index (κ3) is 15.5. The van der Waals surface area contributed by atoms with Gasteiger partial charge in [-0.15, -0.1) is 12.8 Å². The minimum absolute atomic E-state index is 0.0210. The molecule has 2 aromatic carbocycles. The second-order valence-corrected chi connectivity index (χ2v) is 14.4. The fraction of sp³-hybridized carbons (Fsp3) is 0.537. The molecule has 4 amide bonds. The van der Waals surface area contributed by atoms with Crippen LogP contribution in [-0.4, -0.2) is 104 Å². The second kappa shape index (κ2) is 22.5. The first-order valence-corrected chi connectivity index (χ1v) is 18.6. The number of amides is 4. The van der Waals surface area contributed by atoms with Crippen LogP contribution in [0.1, 0.15) is 58.1 Å². The summed E-state index contributed by atoms with van der Waals surface area (Å²) in [5, 5.41) is 11.6. The number of epoxide rings is 1. The van der Waals surface area contributed by atoms with E-state index >= 15 is 0 Å². The fourth-order valence-electron chi connectivity index (χ4n) is 6.16. The third-order valence-electron chi connectivity index (χ3n) is 8.96. The Labute approximate surface area is 314 Å².